The molecule has 18 heavy (non-hydrogen) atoms. The topological polar surface area (TPSA) is 84.1 Å². The van der Waals surface area contributed by atoms with Gasteiger partial charge in [0.15, 0.2) is 0 Å². The first-order valence-electron chi connectivity index (χ1n) is 6.54. The minimum atomic E-state index is 0.255. The zero-order valence-electron chi connectivity index (χ0n) is 11.1. The lowest BCUT2D eigenvalue weighted by atomic mass is 10.0. The molecule has 0 atom stereocenters. The van der Waals surface area contributed by atoms with Crippen LogP contribution < -0.4 is 11.1 Å². The third kappa shape index (κ3) is 3.10. The van der Waals surface area contributed by atoms with Gasteiger partial charge in [-0.1, -0.05) is 13.8 Å². The first kappa shape index (κ1) is 13.1. The quantitative estimate of drug-likeness (QED) is 0.716. The smallest absolute Gasteiger partial charge is 0.135 e. The molecule has 0 aliphatic heterocycles. The number of hydrogen-bond donors (Lipinski definition) is 3. The lowest BCUT2D eigenvalue weighted by Gasteiger charge is -2.16. The number of anilines is 2. The van der Waals surface area contributed by atoms with E-state index in [4.69, 9.17) is 10.8 Å². The van der Waals surface area contributed by atoms with Crippen LogP contribution in [-0.4, -0.2) is 28.2 Å². The van der Waals surface area contributed by atoms with Crippen molar-refractivity contribution in [2.75, 3.05) is 24.2 Å². The molecule has 1 saturated carbocycles. The highest BCUT2D eigenvalue weighted by Crippen LogP contribution is 2.48. The SMILES string of the molecule is CC(C)c1nc(N)cc(NCC2(CCO)CC2)n1. The van der Waals surface area contributed by atoms with Crippen molar-refractivity contribution in [3.05, 3.63) is 11.9 Å². The van der Waals surface area contributed by atoms with Gasteiger partial charge < -0.3 is 16.2 Å². The predicted molar refractivity (Wildman–Crippen MR) is 72.4 cm³/mol. The normalized spacial score (nSPS) is 16.9. The van der Waals surface area contributed by atoms with Crippen LogP contribution >= 0.6 is 0 Å². The van der Waals surface area contributed by atoms with Gasteiger partial charge in [-0.2, -0.15) is 0 Å². The molecule has 100 valence electrons. The summed E-state index contributed by atoms with van der Waals surface area (Å²) < 4.78 is 0. The number of aliphatic hydroxyl groups excluding tert-OH is 1. The van der Waals surface area contributed by atoms with Crippen LogP contribution in [0.3, 0.4) is 0 Å². The van der Waals surface area contributed by atoms with Crippen molar-refractivity contribution in [1.82, 2.24) is 9.97 Å². The maximum atomic E-state index is 9.03. The van der Waals surface area contributed by atoms with Crippen LogP contribution in [0.2, 0.25) is 0 Å². The van der Waals surface area contributed by atoms with Crippen LogP contribution in [0.1, 0.15) is 44.9 Å². The number of nitrogens with zero attached hydrogens (tertiary/aromatic N) is 2. The van der Waals surface area contributed by atoms with Gasteiger partial charge in [-0.15, -0.1) is 0 Å². The van der Waals surface area contributed by atoms with E-state index in [0.717, 1.165) is 24.6 Å². The van der Waals surface area contributed by atoms with Crippen molar-refractivity contribution in [3.8, 4) is 0 Å². The fraction of sp³-hybridized carbons (Fsp3) is 0.692. The summed E-state index contributed by atoms with van der Waals surface area (Å²) in [7, 11) is 0. The van der Waals surface area contributed by atoms with E-state index in [0.29, 0.717) is 5.82 Å². The Morgan fingerprint density at radius 1 is 1.44 bits per heavy atom. The molecule has 5 heteroatoms. The first-order chi connectivity index (χ1) is 8.54. The molecule has 2 rings (SSSR count). The van der Waals surface area contributed by atoms with Gasteiger partial charge in [0.1, 0.15) is 17.5 Å². The van der Waals surface area contributed by atoms with Crippen LogP contribution in [0, 0.1) is 5.41 Å². The number of aliphatic hydroxyl groups is 1. The molecule has 0 radical (unpaired) electrons. The molecule has 1 fully saturated rings. The van der Waals surface area contributed by atoms with Gasteiger partial charge >= 0.3 is 0 Å². The zero-order valence-corrected chi connectivity index (χ0v) is 11.1. The summed E-state index contributed by atoms with van der Waals surface area (Å²) >= 11 is 0. The first-order valence-corrected chi connectivity index (χ1v) is 6.54. The number of nitrogens with two attached hydrogens (primary N) is 1. The molecule has 1 aliphatic rings. The molecule has 0 unspecified atom stereocenters. The predicted octanol–water partition coefficient (Wildman–Crippen LogP) is 1.76. The molecule has 1 heterocycles. The summed E-state index contributed by atoms with van der Waals surface area (Å²) in [6, 6.07) is 1.76. The van der Waals surface area contributed by atoms with Gasteiger partial charge in [0, 0.05) is 25.1 Å². The average Bonchev–Trinajstić information content (AvgIpc) is 3.07. The fourth-order valence-corrected chi connectivity index (χ4v) is 2.04. The summed E-state index contributed by atoms with van der Waals surface area (Å²) in [5.74, 6) is 2.32. The van der Waals surface area contributed by atoms with E-state index in [1.165, 1.54) is 12.8 Å². The Morgan fingerprint density at radius 3 is 2.72 bits per heavy atom. The van der Waals surface area contributed by atoms with Crippen molar-refractivity contribution < 1.29 is 5.11 Å². The molecular weight excluding hydrogens is 228 g/mol. The van der Waals surface area contributed by atoms with Crippen molar-refractivity contribution in [1.29, 1.82) is 0 Å². The number of nitrogen functional groups attached to an aromatic ring is 1. The second-order valence-electron chi connectivity index (χ2n) is 5.52. The minimum Gasteiger partial charge on any atom is -0.396 e. The largest absolute Gasteiger partial charge is 0.396 e. The van der Waals surface area contributed by atoms with Gasteiger partial charge in [0.05, 0.1) is 0 Å². The summed E-state index contributed by atoms with van der Waals surface area (Å²) in [5, 5.41) is 12.4. The van der Waals surface area contributed by atoms with Crippen LogP contribution in [0.4, 0.5) is 11.6 Å². The van der Waals surface area contributed by atoms with Gasteiger partial charge in [0.2, 0.25) is 0 Å². The summed E-state index contributed by atoms with van der Waals surface area (Å²) in [6.07, 6.45) is 3.22. The van der Waals surface area contributed by atoms with Gasteiger partial charge in [-0.3, -0.25) is 0 Å². The van der Waals surface area contributed by atoms with E-state index >= 15 is 0 Å². The average molecular weight is 250 g/mol. The Labute approximate surface area is 108 Å². The fourth-order valence-electron chi connectivity index (χ4n) is 2.04. The van der Waals surface area contributed by atoms with E-state index < -0.39 is 0 Å². The van der Waals surface area contributed by atoms with E-state index in [9.17, 15) is 0 Å². The van der Waals surface area contributed by atoms with Crippen molar-refractivity contribution in [2.45, 2.75) is 39.0 Å². The van der Waals surface area contributed by atoms with Crippen LogP contribution in [-0.2, 0) is 0 Å². The molecule has 4 N–H and O–H groups in total. The van der Waals surface area contributed by atoms with E-state index in [2.05, 4.69) is 15.3 Å². The van der Waals surface area contributed by atoms with E-state index in [-0.39, 0.29) is 17.9 Å². The Balaban J connectivity index is 2.01. The lowest BCUT2D eigenvalue weighted by Crippen LogP contribution is -2.18. The van der Waals surface area contributed by atoms with Gasteiger partial charge in [-0.25, -0.2) is 9.97 Å². The van der Waals surface area contributed by atoms with Crippen LogP contribution in [0.15, 0.2) is 6.07 Å². The molecule has 1 aliphatic carbocycles. The highest BCUT2D eigenvalue weighted by atomic mass is 16.3. The molecule has 0 saturated heterocycles. The minimum absolute atomic E-state index is 0.255. The molecule has 0 amide bonds. The highest BCUT2D eigenvalue weighted by Gasteiger charge is 2.41. The Morgan fingerprint density at radius 2 is 2.17 bits per heavy atom. The van der Waals surface area contributed by atoms with Crippen LogP contribution in [0.25, 0.3) is 0 Å². The van der Waals surface area contributed by atoms with Crippen LogP contribution in [0.5, 0.6) is 0 Å². The Hall–Kier alpha value is -1.36. The molecule has 1 aromatic heterocycles. The third-order valence-corrected chi connectivity index (χ3v) is 3.52. The Bertz CT molecular complexity index is 415. The highest BCUT2D eigenvalue weighted by molar-refractivity contribution is 5.45. The number of nitrogens with one attached hydrogen (secondary N) is 1. The molecule has 0 bridgehead atoms. The summed E-state index contributed by atoms with van der Waals surface area (Å²) in [4.78, 5) is 8.68. The van der Waals surface area contributed by atoms with Crippen molar-refractivity contribution >= 4 is 11.6 Å². The number of hydrogen-bond acceptors (Lipinski definition) is 5. The maximum Gasteiger partial charge on any atom is 0.135 e. The second-order valence-corrected chi connectivity index (χ2v) is 5.52. The van der Waals surface area contributed by atoms with Gasteiger partial charge in [-0.05, 0) is 24.7 Å². The third-order valence-electron chi connectivity index (χ3n) is 3.52. The summed E-state index contributed by atoms with van der Waals surface area (Å²) in [6.45, 7) is 5.20. The van der Waals surface area contributed by atoms with E-state index in [1.807, 2.05) is 13.8 Å². The van der Waals surface area contributed by atoms with Crippen molar-refractivity contribution in [2.24, 2.45) is 5.41 Å². The summed E-state index contributed by atoms with van der Waals surface area (Å²) in [5.41, 5.74) is 6.05. The lowest BCUT2D eigenvalue weighted by molar-refractivity contribution is 0.253. The zero-order chi connectivity index (χ0) is 13.2. The molecule has 0 aromatic carbocycles. The number of rotatable bonds is 6. The van der Waals surface area contributed by atoms with E-state index in [1.54, 1.807) is 6.07 Å². The molecular formula is C13H22N4O. The monoisotopic (exact) mass is 250 g/mol. The van der Waals surface area contributed by atoms with Gasteiger partial charge in [0.25, 0.3) is 0 Å². The maximum absolute atomic E-state index is 9.03. The molecule has 1 aromatic rings. The molecule has 5 nitrogen and oxygen atoms in total. The standard InChI is InChI=1S/C13H22N4O/c1-9(2)12-16-10(14)7-11(17-12)15-8-13(3-4-13)5-6-18/h7,9,18H,3-6,8H2,1-2H3,(H3,14,15,16,17). The second kappa shape index (κ2) is 5.10. The number of aromatic nitrogens is 2. The molecule has 0 spiro atoms. The Kier molecular flexibility index (Phi) is 3.71. The van der Waals surface area contributed by atoms with Crippen molar-refractivity contribution in [3.63, 3.8) is 0 Å².